The zero-order valence-corrected chi connectivity index (χ0v) is 15.4. The van der Waals surface area contributed by atoms with Crippen LogP contribution in [0.5, 0.6) is 0 Å². The van der Waals surface area contributed by atoms with Gasteiger partial charge in [0.25, 0.3) is 11.8 Å². The standard InChI is InChI=1S/C16H20F3N9/c1-8-11(7-21-24-8)12-22-13(9-3-5-10(20)6-4-9)28(25-12)15-23-14(16(17,18)19)26-27(15)2/h7,9-10H,3-6,20H2,1-2H3,(H,21,24). The van der Waals surface area contributed by atoms with E-state index in [9.17, 15) is 13.2 Å². The minimum atomic E-state index is -4.64. The van der Waals surface area contributed by atoms with Crippen LogP contribution in [-0.4, -0.2) is 45.8 Å². The first kappa shape index (κ1) is 18.6. The maximum absolute atomic E-state index is 13.1. The maximum atomic E-state index is 13.1. The third-order valence-corrected chi connectivity index (χ3v) is 5.02. The summed E-state index contributed by atoms with van der Waals surface area (Å²) in [6.45, 7) is 1.83. The van der Waals surface area contributed by atoms with Gasteiger partial charge in [-0.05, 0) is 32.6 Å². The van der Waals surface area contributed by atoms with Gasteiger partial charge in [-0.15, -0.1) is 10.2 Å². The summed E-state index contributed by atoms with van der Waals surface area (Å²) in [5, 5.41) is 14.7. The van der Waals surface area contributed by atoms with Gasteiger partial charge in [0.05, 0.1) is 11.8 Å². The number of rotatable bonds is 3. The molecule has 3 N–H and O–H groups in total. The first-order valence-electron chi connectivity index (χ1n) is 8.95. The number of nitrogens with two attached hydrogens (primary N) is 1. The van der Waals surface area contributed by atoms with Crippen molar-refractivity contribution in [3.63, 3.8) is 0 Å². The Morgan fingerprint density at radius 3 is 2.43 bits per heavy atom. The number of nitrogens with zero attached hydrogens (tertiary/aromatic N) is 7. The van der Waals surface area contributed by atoms with E-state index >= 15 is 0 Å². The summed E-state index contributed by atoms with van der Waals surface area (Å²) in [5.41, 5.74) is 7.45. The molecule has 3 aromatic heterocycles. The van der Waals surface area contributed by atoms with Gasteiger partial charge >= 0.3 is 6.18 Å². The third-order valence-electron chi connectivity index (χ3n) is 5.02. The van der Waals surface area contributed by atoms with E-state index in [-0.39, 0.29) is 17.9 Å². The monoisotopic (exact) mass is 395 g/mol. The van der Waals surface area contributed by atoms with E-state index in [0.717, 1.165) is 36.1 Å². The van der Waals surface area contributed by atoms with Crippen LogP contribution in [-0.2, 0) is 13.2 Å². The van der Waals surface area contributed by atoms with Gasteiger partial charge in [0.2, 0.25) is 0 Å². The predicted octanol–water partition coefficient (Wildman–Crippen LogP) is 2.10. The highest BCUT2D eigenvalue weighted by Gasteiger charge is 2.38. The Morgan fingerprint density at radius 1 is 1.14 bits per heavy atom. The van der Waals surface area contributed by atoms with Crippen LogP contribution in [0.2, 0.25) is 0 Å². The molecule has 0 amide bonds. The molecule has 9 nitrogen and oxygen atoms in total. The summed E-state index contributed by atoms with van der Waals surface area (Å²) in [4.78, 5) is 8.32. The van der Waals surface area contributed by atoms with E-state index in [0.29, 0.717) is 17.2 Å². The van der Waals surface area contributed by atoms with Gasteiger partial charge in [0.15, 0.2) is 5.82 Å². The normalized spacial score (nSPS) is 20.6. The van der Waals surface area contributed by atoms with Crippen LogP contribution in [0.15, 0.2) is 6.20 Å². The van der Waals surface area contributed by atoms with Crippen molar-refractivity contribution in [1.29, 1.82) is 0 Å². The second kappa shape index (κ2) is 6.69. The Labute approximate surface area is 158 Å². The molecule has 0 radical (unpaired) electrons. The molecule has 0 bridgehead atoms. The largest absolute Gasteiger partial charge is 0.453 e. The molecule has 1 aliphatic carbocycles. The Balaban J connectivity index is 1.82. The molecule has 0 aromatic carbocycles. The molecular weight excluding hydrogens is 375 g/mol. The smallest absolute Gasteiger partial charge is 0.328 e. The molecule has 3 aromatic rings. The minimum absolute atomic E-state index is 0.0271. The Morgan fingerprint density at radius 2 is 1.86 bits per heavy atom. The molecule has 0 saturated heterocycles. The highest BCUT2D eigenvalue weighted by molar-refractivity contribution is 5.56. The zero-order valence-electron chi connectivity index (χ0n) is 15.4. The average Bonchev–Trinajstić information content (AvgIpc) is 3.32. The molecule has 150 valence electrons. The van der Waals surface area contributed by atoms with E-state index in [4.69, 9.17) is 5.73 Å². The van der Waals surface area contributed by atoms with E-state index in [1.165, 1.54) is 11.7 Å². The summed E-state index contributed by atoms with van der Waals surface area (Å²) in [7, 11) is 1.41. The molecule has 28 heavy (non-hydrogen) atoms. The van der Waals surface area contributed by atoms with Crippen LogP contribution in [0.1, 0.15) is 48.9 Å². The van der Waals surface area contributed by atoms with Crippen LogP contribution in [0.3, 0.4) is 0 Å². The number of halogens is 3. The lowest BCUT2D eigenvalue weighted by molar-refractivity contribution is -0.144. The number of aromatic nitrogens is 8. The second-order valence-corrected chi connectivity index (χ2v) is 7.08. The van der Waals surface area contributed by atoms with Gasteiger partial charge in [0.1, 0.15) is 5.82 Å². The first-order valence-corrected chi connectivity index (χ1v) is 8.95. The van der Waals surface area contributed by atoms with Crippen molar-refractivity contribution in [2.45, 2.75) is 50.7 Å². The van der Waals surface area contributed by atoms with Crippen molar-refractivity contribution in [2.24, 2.45) is 12.8 Å². The number of nitrogens with one attached hydrogen (secondary N) is 1. The van der Waals surface area contributed by atoms with Crippen molar-refractivity contribution in [2.75, 3.05) is 0 Å². The maximum Gasteiger partial charge on any atom is 0.453 e. The van der Waals surface area contributed by atoms with Crippen LogP contribution in [0.25, 0.3) is 17.3 Å². The molecule has 12 heteroatoms. The molecule has 0 unspecified atom stereocenters. The van der Waals surface area contributed by atoms with Crippen molar-refractivity contribution < 1.29 is 13.2 Å². The van der Waals surface area contributed by atoms with Crippen LogP contribution in [0.4, 0.5) is 13.2 Å². The number of H-pyrrole nitrogens is 1. The zero-order chi connectivity index (χ0) is 20.1. The van der Waals surface area contributed by atoms with Crippen molar-refractivity contribution in [3.05, 3.63) is 23.5 Å². The summed E-state index contributed by atoms with van der Waals surface area (Å²) in [6.07, 6.45) is 0.168. The van der Waals surface area contributed by atoms with Crippen molar-refractivity contribution >= 4 is 0 Å². The van der Waals surface area contributed by atoms with Gasteiger partial charge in [-0.25, -0.2) is 9.67 Å². The molecular formula is C16H20F3N9. The minimum Gasteiger partial charge on any atom is -0.328 e. The van der Waals surface area contributed by atoms with Crippen LogP contribution < -0.4 is 5.73 Å². The SMILES string of the molecule is Cc1[nH]ncc1-c1nc(C2CCC(N)CC2)n(-c2nc(C(F)(F)F)nn2C)n1. The van der Waals surface area contributed by atoms with Gasteiger partial charge < -0.3 is 5.73 Å². The van der Waals surface area contributed by atoms with E-state index in [1.807, 2.05) is 6.92 Å². The third kappa shape index (κ3) is 3.28. The Kier molecular flexibility index (Phi) is 4.44. The molecule has 3 heterocycles. The Bertz CT molecular complexity index is 976. The lowest BCUT2D eigenvalue weighted by Crippen LogP contribution is -2.27. The van der Waals surface area contributed by atoms with E-state index in [1.54, 1.807) is 6.20 Å². The summed E-state index contributed by atoms with van der Waals surface area (Å²) < 4.78 is 41.6. The molecule has 1 saturated carbocycles. The van der Waals surface area contributed by atoms with Gasteiger partial charge in [-0.2, -0.15) is 27.9 Å². The van der Waals surface area contributed by atoms with Gasteiger partial charge in [-0.1, -0.05) is 0 Å². The Hall–Kier alpha value is -2.76. The fourth-order valence-electron chi connectivity index (χ4n) is 3.48. The number of alkyl halides is 3. The molecule has 1 aliphatic rings. The molecule has 0 atom stereocenters. The summed E-state index contributed by atoms with van der Waals surface area (Å²) in [5.74, 6) is -0.269. The van der Waals surface area contributed by atoms with Crippen molar-refractivity contribution in [1.82, 2.24) is 39.7 Å². The molecule has 4 rings (SSSR count). The number of aryl methyl sites for hydroxylation is 2. The predicted molar refractivity (Wildman–Crippen MR) is 92.4 cm³/mol. The summed E-state index contributed by atoms with van der Waals surface area (Å²) in [6, 6.07) is 0.134. The average molecular weight is 395 g/mol. The lowest BCUT2D eigenvalue weighted by atomic mass is 9.86. The van der Waals surface area contributed by atoms with Crippen LogP contribution in [0, 0.1) is 6.92 Å². The lowest BCUT2D eigenvalue weighted by Gasteiger charge is -2.25. The highest BCUT2D eigenvalue weighted by atomic mass is 19.4. The molecule has 1 fully saturated rings. The highest BCUT2D eigenvalue weighted by Crippen LogP contribution is 2.34. The summed E-state index contributed by atoms with van der Waals surface area (Å²) >= 11 is 0. The van der Waals surface area contributed by atoms with Crippen LogP contribution >= 0.6 is 0 Å². The van der Waals surface area contributed by atoms with Gasteiger partial charge in [0, 0.05) is 24.7 Å². The van der Waals surface area contributed by atoms with E-state index < -0.39 is 12.0 Å². The number of hydrogen-bond acceptors (Lipinski definition) is 6. The second-order valence-electron chi connectivity index (χ2n) is 7.08. The first-order chi connectivity index (χ1) is 13.2. The number of aromatic amines is 1. The fourth-order valence-corrected chi connectivity index (χ4v) is 3.48. The van der Waals surface area contributed by atoms with Crippen molar-refractivity contribution in [3.8, 4) is 17.3 Å². The van der Waals surface area contributed by atoms with Gasteiger partial charge in [-0.3, -0.25) is 5.10 Å². The molecule has 0 aliphatic heterocycles. The quantitative estimate of drug-likeness (QED) is 0.702. The van der Waals surface area contributed by atoms with E-state index in [2.05, 4.69) is 30.4 Å². The molecule has 0 spiro atoms. The fraction of sp³-hybridized carbons (Fsp3) is 0.562. The topological polar surface area (TPSA) is 116 Å². The number of hydrogen-bond donors (Lipinski definition) is 2.